The lowest BCUT2D eigenvalue weighted by Crippen LogP contribution is -2.36. The molecular formula is C16H27ClN2O2. The molecular weight excluding hydrogens is 288 g/mol. The molecule has 0 spiro atoms. The summed E-state index contributed by atoms with van der Waals surface area (Å²) in [7, 11) is 1.68. The summed E-state index contributed by atoms with van der Waals surface area (Å²) < 4.78 is 5.15. The molecule has 0 radical (unpaired) electrons. The number of halogens is 1. The highest BCUT2D eigenvalue weighted by Crippen LogP contribution is 2.25. The minimum atomic E-state index is 0.0356. The maximum absolute atomic E-state index is 9.28. The maximum atomic E-state index is 9.28. The second-order valence-corrected chi connectivity index (χ2v) is 6.52. The van der Waals surface area contributed by atoms with Crippen LogP contribution in [0.3, 0.4) is 0 Å². The van der Waals surface area contributed by atoms with E-state index in [1.165, 1.54) is 0 Å². The lowest BCUT2D eigenvalue weighted by Gasteiger charge is -2.28. The number of ether oxygens (including phenoxy) is 1. The molecule has 0 aromatic heterocycles. The Kier molecular flexibility index (Phi) is 7.46. The van der Waals surface area contributed by atoms with Crippen LogP contribution in [0.4, 0.5) is 5.69 Å². The number of hydrogen-bond acceptors (Lipinski definition) is 4. The van der Waals surface area contributed by atoms with Gasteiger partial charge < -0.3 is 20.1 Å². The van der Waals surface area contributed by atoms with E-state index in [0.29, 0.717) is 13.2 Å². The van der Waals surface area contributed by atoms with Gasteiger partial charge in [-0.25, -0.2) is 0 Å². The van der Waals surface area contributed by atoms with E-state index in [1.54, 1.807) is 7.11 Å². The van der Waals surface area contributed by atoms with Gasteiger partial charge in [0.2, 0.25) is 0 Å². The number of nitrogens with one attached hydrogen (secondary N) is 1. The highest BCUT2D eigenvalue weighted by Gasteiger charge is 2.14. The molecule has 0 aliphatic heterocycles. The molecule has 0 unspecified atom stereocenters. The van der Waals surface area contributed by atoms with E-state index in [0.717, 1.165) is 29.4 Å². The van der Waals surface area contributed by atoms with Crippen LogP contribution in [-0.4, -0.2) is 44.1 Å². The largest absolute Gasteiger partial charge is 0.395 e. The number of anilines is 1. The van der Waals surface area contributed by atoms with Crippen LogP contribution in [0.1, 0.15) is 26.3 Å². The van der Waals surface area contributed by atoms with Gasteiger partial charge in [0.1, 0.15) is 0 Å². The zero-order chi connectivity index (χ0) is 15.9. The molecule has 0 saturated heterocycles. The number of aliphatic hydroxyl groups is 1. The summed E-state index contributed by atoms with van der Waals surface area (Å²) in [5, 5.41) is 13.5. The van der Waals surface area contributed by atoms with Gasteiger partial charge in [-0.3, -0.25) is 0 Å². The van der Waals surface area contributed by atoms with E-state index < -0.39 is 0 Å². The van der Waals surface area contributed by atoms with Crippen molar-refractivity contribution in [1.82, 2.24) is 5.32 Å². The van der Waals surface area contributed by atoms with Crippen molar-refractivity contribution in [2.75, 3.05) is 38.3 Å². The highest BCUT2D eigenvalue weighted by molar-refractivity contribution is 6.30. The first kappa shape index (κ1) is 18.2. The molecule has 2 N–H and O–H groups in total. The summed E-state index contributed by atoms with van der Waals surface area (Å²) in [6.45, 7) is 9.17. The third-order valence-corrected chi connectivity index (χ3v) is 3.36. The molecule has 0 fully saturated rings. The Labute approximate surface area is 133 Å². The smallest absolute Gasteiger partial charge is 0.0637 e. The van der Waals surface area contributed by atoms with Crippen LogP contribution in [-0.2, 0) is 11.3 Å². The van der Waals surface area contributed by atoms with Gasteiger partial charge in [0.25, 0.3) is 0 Å². The van der Waals surface area contributed by atoms with Gasteiger partial charge in [-0.15, -0.1) is 0 Å². The lowest BCUT2D eigenvalue weighted by atomic mass is 10.1. The number of rotatable bonds is 8. The van der Waals surface area contributed by atoms with Gasteiger partial charge in [0, 0.05) is 43.0 Å². The molecule has 0 amide bonds. The Bertz CT molecular complexity index is 433. The van der Waals surface area contributed by atoms with Crippen molar-refractivity contribution in [3.8, 4) is 0 Å². The van der Waals surface area contributed by atoms with Crippen molar-refractivity contribution in [3.05, 3.63) is 28.8 Å². The summed E-state index contributed by atoms with van der Waals surface area (Å²) in [6.07, 6.45) is 0. The summed E-state index contributed by atoms with van der Waals surface area (Å²) in [5.41, 5.74) is 2.25. The molecule has 5 heteroatoms. The fraction of sp³-hybridized carbons (Fsp3) is 0.625. The molecule has 1 rings (SSSR count). The van der Waals surface area contributed by atoms with Crippen LogP contribution in [0.15, 0.2) is 18.2 Å². The van der Waals surface area contributed by atoms with E-state index in [2.05, 4.69) is 31.0 Å². The number of aliphatic hydroxyl groups excluding tert-OH is 1. The average molecular weight is 315 g/mol. The fourth-order valence-electron chi connectivity index (χ4n) is 2.04. The van der Waals surface area contributed by atoms with Crippen molar-refractivity contribution in [3.63, 3.8) is 0 Å². The van der Waals surface area contributed by atoms with Crippen molar-refractivity contribution < 1.29 is 9.84 Å². The Hall–Kier alpha value is -0.810. The first-order valence-electron chi connectivity index (χ1n) is 7.25. The molecule has 0 saturated carbocycles. The topological polar surface area (TPSA) is 44.7 Å². The van der Waals surface area contributed by atoms with Crippen LogP contribution in [0, 0.1) is 0 Å². The van der Waals surface area contributed by atoms with Crippen molar-refractivity contribution in [2.24, 2.45) is 0 Å². The normalized spacial score (nSPS) is 11.7. The summed E-state index contributed by atoms with van der Waals surface area (Å²) >= 11 is 6.13. The van der Waals surface area contributed by atoms with Crippen LogP contribution < -0.4 is 10.2 Å². The first-order chi connectivity index (χ1) is 9.87. The van der Waals surface area contributed by atoms with E-state index in [1.807, 2.05) is 18.2 Å². The third-order valence-electron chi connectivity index (χ3n) is 3.13. The SMILES string of the molecule is COCCN(CCO)c1ccc(Cl)cc1CNC(C)(C)C. The van der Waals surface area contributed by atoms with Crippen molar-refractivity contribution in [1.29, 1.82) is 0 Å². The molecule has 0 aliphatic rings. The molecule has 1 aromatic rings. The third kappa shape index (κ3) is 6.66. The number of benzene rings is 1. The average Bonchev–Trinajstić information content (AvgIpc) is 2.41. The molecule has 120 valence electrons. The van der Waals surface area contributed by atoms with Gasteiger partial charge in [-0.05, 0) is 44.5 Å². The van der Waals surface area contributed by atoms with Crippen LogP contribution in [0.25, 0.3) is 0 Å². The Morgan fingerprint density at radius 3 is 2.57 bits per heavy atom. The number of hydrogen-bond donors (Lipinski definition) is 2. The fourth-order valence-corrected chi connectivity index (χ4v) is 2.23. The molecule has 0 bridgehead atoms. The predicted molar refractivity (Wildman–Crippen MR) is 89.2 cm³/mol. The minimum Gasteiger partial charge on any atom is -0.395 e. The zero-order valence-corrected chi connectivity index (χ0v) is 14.2. The molecule has 4 nitrogen and oxygen atoms in total. The van der Waals surface area contributed by atoms with E-state index in [9.17, 15) is 5.11 Å². The Balaban J connectivity index is 2.96. The van der Waals surface area contributed by atoms with E-state index in [-0.39, 0.29) is 12.1 Å². The maximum Gasteiger partial charge on any atom is 0.0637 e. The minimum absolute atomic E-state index is 0.0356. The first-order valence-corrected chi connectivity index (χ1v) is 7.63. The molecule has 0 aliphatic carbocycles. The standard InChI is InChI=1S/C16H27ClN2O2/c1-16(2,3)18-12-13-11-14(17)5-6-15(13)19(7-9-20)8-10-21-4/h5-6,11,18,20H,7-10,12H2,1-4H3. The van der Waals surface area contributed by atoms with Crippen molar-refractivity contribution in [2.45, 2.75) is 32.9 Å². The number of methoxy groups -OCH3 is 1. The van der Waals surface area contributed by atoms with Gasteiger partial charge in [-0.1, -0.05) is 11.6 Å². The Morgan fingerprint density at radius 1 is 1.29 bits per heavy atom. The van der Waals surface area contributed by atoms with Crippen LogP contribution in [0.2, 0.25) is 5.02 Å². The molecule has 21 heavy (non-hydrogen) atoms. The van der Waals surface area contributed by atoms with Gasteiger partial charge >= 0.3 is 0 Å². The second kappa shape index (κ2) is 8.59. The molecule has 0 atom stereocenters. The van der Waals surface area contributed by atoms with E-state index >= 15 is 0 Å². The number of nitrogens with zero attached hydrogens (tertiary/aromatic N) is 1. The summed E-state index contributed by atoms with van der Waals surface area (Å²) in [6, 6.07) is 5.87. The van der Waals surface area contributed by atoms with Crippen LogP contribution >= 0.6 is 11.6 Å². The lowest BCUT2D eigenvalue weighted by molar-refractivity contribution is 0.203. The molecule has 1 aromatic carbocycles. The highest BCUT2D eigenvalue weighted by atomic mass is 35.5. The quantitative estimate of drug-likeness (QED) is 0.774. The van der Waals surface area contributed by atoms with Gasteiger partial charge in [0.05, 0.1) is 13.2 Å². The molecule has 0 heterocycles. The van der Waals surface area contributed by atoms with Gasteiger partial charge in [-0.2, -0.15) is 0 Å². The summed E-state index contributed by atoms with van der Waals surface area (Å²) in [5.74, 6) is 0. The van der Waals surface area contributed by atoms with E-state index in [4.69, 9.17) is 16.3 Å². The van der Waals surface area contributed by atoms with Gasteiger partial charge in [0.15, 0.2) is 0 Å². The summed E-state index contributed by atoms with van der Waals surface area (Å²) in [4.78, 5) is 2.12. The Morgan fingerprint density at radius 2 is 2.00 bits per heavy atom. The second-order valence-electron chi connectivity index (χ2n) is 6.08. The van der Waals surface area contributed by atoms with Crippen molar-refractivity contribution >= 4 is 17.3 Å². The van der Waals surface area contributed by atoms with Crippen LogP contribution in [0.5, 0.6) is 0 Å². The zero-order valence-electron chi connectivity index (χ0n) is 13.4. The monoisotopic (exact) mass is 314 g/mol. The predicted octanol–water partition coefficient (Wildman–Crippen LogP) is 2.67.